The van der Waals surface area contributed by atoms with Gasteiger partial charge in [0.05, 0.1) is 6.61 Å². The van der Waals surface area contributed by atoms with Crippen molar-refractivity contribution >= 4 is 11.6 Å². The molecule has 0 atom stereocenters. The first kappa shape index (κ1) is 20.3. The largest absolute Gasteiger partial charge is 0.493 e. The zero-order valence-corrected chi connectivity index (χ0v) is 17.1. The Bertz CT molecular complexity index is 982. The lowest BCUT2D eigenvalue weighted by Crippen LogP contribution is -2.12. The van der Waals surface area contributed by atoms with Crippen LogP contribution in [0, 0.1) is 19.8 Å². The minimum Gasteiger partial charge on any atom is -0.493 e. The molecular formula is C23H25N3O3. The van der Waals surface area contributed by atoms with Gasteiger partial charge < -0.3 is 14.8 Å². The molecule has 0 aliphatic heterocycles. The van der Waals surface area contributed by atoms with E-state index in [-0.39, 0.29) is 11.9 Å². The minimum atomic E-state index is -0.222. The Labute approximate surface area is 170 Å². The SMILES string of the molecule is Cc1cc(C)nc(Oc2cccc(NC(=O)c3cccc(OCC(C)C)c3)c2)n1. The number of rotatable bonds is 7. The molecule has 0 spiro atoms. The van der Waals surface area contributed by atoms with Crippen molar-refractivity contribution in [2.45, 2.75) is 27.7 Å². The molecule has 3 aromatic rings. The highest BCUT2D eigenvalue weighted by Gasteiger charge is 2.09. The number of carbonyl (C=O) groups excluding carboxylic acids is 1. The highest BCUT2D eigenvalue weighted by molar-refractivity contribution is 6.04. The molecule has 1 N–H and O–H groups in total. The molecule has 1 amide bonds. The molecule has 0 radical (unpaired) electrons. The van der Waals surface area contributed by atoms with Crippen LogP contribution in [0.25, 0.3) is 0 Å². The van der Waals surface area contributed by atoms with E-state index in [4.69, 9.17) is 9.47 Å². The predicted molar refractivity (Wildman–Crippen MR) is 113 cm³/mol. The van der Waals surface area contributed by atoms with E-state index in [1.54, 1.807) is 36.4 Å². The molecule has 1 heterocycles. The van der Waals surface area contributed by atoms with Gasteiger partial charge in [0.25, 0.3) is 5.91 Å². The first-order valence-electron chi connectivity index (χ1n) is 9.53. The summed E-state index contributed by atoms with van der Waals surface area (Å²) in [5, 5.41) is 2.88. The second kappa shape index (κ2) is 9.19. The lowest BCUT2D eigenvalue weighted by atomic mass is 10.2. The van der Waals surface area contributed by atoms with Crippen molar-refractivity contribution in [2.75, 3.05) is 11.9 Å². The van der Waals surface area contributed by atoms with Crippen molar-refractivity contribution in [3.63, 3.8) is 0 Å². The van der Waals surface area contributed by atoms with E-state index in [0.29, 0.717) is 35.3 Å². The quantitative estimate of drug-likeness (QED) is 0.601. The van der Waals surface area contributed by atoms with Gasteiger partial charge in [-0.15, -0.1) is 0 Å². The Morgan fingerprint density at radius 2 is 1.66 bits per heavy atom. The lowest BCUT2D eigenvalue weighted by molar-refractivity contribution is 0.102. The van der Waals surface area contributed by atoms with Crippen molar-refractivity contribution < 1.29 is 14.3 Å². The van der Waals surface area contributed by atoms with Gasteiger partial charge in [-0.3, -0.25) is 4.79 Å². The zero-order valence-electron chi connectivity index (χ0n) is 17.1. The fourth-order valence-electron chi connectivity index (χ4n) is 2.68. The number of hydrogen-bond acceptors (Lipinski definition) is 5. The van der Waals surface area contributed by atoms with Crippen LogP contribution in [0.15, 0.2) is 54.6 Å². The number of hydrogen-bond donors (Lipinski definition) is 1. The maximum absolute atomic E-state index is 12.6. The van der Waals surface area contributed by atoms with E-state index in [0.717, 1.165) is 11.4 Å². The minimum absolute atomic E-state index is 0.222. The van der Waals surface area contributed by atoms with E-state index in [2.05, 4.69) is 29.1 Å². The first-order valence-corrected chi connectivity index (χ1v) is 9.53. The molecule has 0 bridgehead atoms. The molecule has 0 saturated carbocycles. The monoisotopic (exact) mass is 391 g/mol. The number of aromatic nitrogens is 2. The van der Waals surface area contributed by atoms with Crippen molar-refractivity contribution in [1.29, 1.82) is 0 Å². The predicted octanol–water partition coefficient (Wildman–Crippen LogP) is 5.17. The van der Waals surface area contributed by atoms with Crippen molar-refractivity contribution in [3.8, 4) is 17.5 Å². The molecule has 2 aromatic carbocycles. The Hall–Kier alpha value is -3.41. The fourth-order valence-corrected chi connectivity index (χ4v) is 2.68. The molecule has 0 aliphatic carbocycles. The molecule has 6 heteroatoms. The number of aryl methyl sites for hydroxylation is 2. The molecule has 0 aliphatic rings. The van der Waals surface area contributed by atoms with Crippen molar-refractivity contribution in [1.82, 2.24) is 9.97 Å². The van der Waals surface area contributed by atoms with Crippen LogP contribution in [0.2, 0.25) is 0 Å². The summed E-state index contributed by atoms with van der Waals surface area (Å²) in [6, 6.07) is 16.4. The Morgan fingerprint density at radius 3 is 2.38 bits per heavy atom. The summed E-state index contributed by atoms with van der Waals surface area (Å²) in [6.07, 6.45) is 0. The summed E-state index contributed by atoms with van der Waals surface area (Å²) in [7, 11) is 0. The van der Waals surface area contributed by atoms with E-state index < -0.39 is 0 Å². The van der Waals surface area contributed by atoms with E-state index in [1.165, 1.54) is 0 Å². The van der Waals surface area contributed by atoms with Gasteiger partial charge in [0.2, 0.25) is 0 Å². The number of nitrogens with zero attached hydrogens (tertiary/aromatic N) is 2. The molecule has 0 saturated heterocycles. The fraction of sp³-hybridized carbons (Fsp3) is 0.261. The number of ether oxygens (including phenoxy) is 2. The third-order valence-corrected chi connectivity index (χ3v) is 3.94. The van der Waals surface area contributed by atoms with Gasteiger partial charge in [0.15, 0.2) is 0 Å². The van der Waals surface area contributed by atoms with Gasteiger partial charge in [-0.05, 0) is 56.2 Å². The maximum atomic E-state index is 12.6. The second-order valence-electron chi connectivity index (χ2n) is 7.25. The number of benzene rings is 2. The summed E-state index contributed by atoms with van der Waals surface area (Å²) in [5.41, 5.74) is 2.80. The molecule has 1 aromatic heterocycles. The van der Waals surface area contributed by atoms with Crippen LogP contribution in [0.3, 0.4) is 0 Å². The van der Waals surface area contributed by atoms with Crippen LogP contribution in [0.5, 0.6) is 17.5 Å². The van der Waals surface area contributed by atoms with Crippen molar-refractivity contribution in [2.24, 2.45) is 5.92 Å². The Kier molecular flexibility index (Phi) is 6.44. The van der Waals surface area contributed by atoms with Crippen LogP contribution >= 0.6 is 0 Å². The third kappa shape index (κ3) is 6.04. The summed E-state index contributed by atoms with van der Waals surface area (Å²) in [5.74, 6) is 1.41. The highest BCUT2D eigenvalue weighted by atomic mass is 16.5. The molecule has 0 unspecified atom stereocenters. The number of carbonyl (C=O) groups is 1. The Morgan fingerprint density at radius 1 is 0.966 bits per heavy atom. The van der Waals surface area contributed by atoms with Crippen LogP contribution in [0.4, 0.5) is 5.69 Å². The second-order valence-corrected chi connectivity index (χ2v) is 7.25. The highest BCUT2D eigenvalue weighted by Crippen LogP contribution is 2.23. The van der Waals surface area contributed by atoms with Gasteiger partial charge in [-0.2, -0.15) is 0 Å². The van der Waals surface area contributed by atoms with Crippen LogP contribution in [-0.4, -0.2) is 22.5 Å². The van der Waals surface area contributed by atoms with Crippen LogP contribution in [-0.2, 0) is 0 Å². The van der Waals surface area contributed by atoms with Gasteiger partial charge in [-0.1, -0.05) is 26.0 Å². The number of anilines is 1. The molecule has 29 heavy (non-hydrogen) atoms. The average Bonchev–Trinajstić information content (AvgIpc) is 2.66. The summed E-state index contributed by atoms with van der Waals surface area (Å²) >= 11 is 0. The van der Waals surface area contributed by atoms with Crippen molar-refractivity contribution in [3.05, 3.63) is 71.5 Å². The third-order valence-electron chi connectivity index (χ3n) is 3.94. The maximum Gasteiger partial charge on any atom is 0.322 e. The van der Waals surface area contributed by atoms with Crippen LogP contribution < -0.4 is 14.8 Å². The molecule has 3 rings (SSSR count). The van der Waals surface area contributed by atoms with Gasteiger partial charge in [-0.25, -0.2) is 9.97 Å². The number of amides is 1. The molecule has 6 nitrogen and oxygen atoms in total. The molecule has 150 valence electrons. The van der Waals surface area contributed by atoms with E-state index in [1.807, 2.05) is 32.0 Å². The van der Waals surface area contributed by atoms with Gasteiger partial charge in [0.1, 0.15) is 11.5 Å². The van der Waals surface area contributed by atoms with Gasteiger partial charge in [0, 0.05) is 28.7 Å². The van der Waals surface area contributed by atoms with Crippen LogP contribution in [0.1, 0.15) is 35.6 Å². The topological polar surface area (TPSA) is 73.3 Å². The first-order chi connectivity index (χ1) is 13.9. The smallest absolute Gasteiger partial charge is 0.322 e. The zero-order chi connectivity index (χ0) is 20.8. The van der Waals surface area contributed by atoms with Gasteiger partial charge >= 0.3 is 6.01 Å². The summed E-state index contributed by atoms with van der Waals surface area (Å²) < 4.78 is 11.4. The summed E-state index contributed by atoms with van der Waals surface area (Å²) in [4.78, 5) is 21.2. The summed E-state index contributed by atoms with van der Waals surface area (Å²) in [6.45, 7) is 8.53. The van der Waals surface area contributed by atoms with E-state index in [9.17, 15) is 4.79 Å². The molecular weight excluding hydrogens is 366 g/mol. The number of nitrogens with one attached hydrogen (secondary N) is 1. The Balaban J connectivity index is 1.69. The average molecular weight is 391 g/mol. The lowest BCUT2D eigenvalue weighted by Gasteiger charge is -2.11. The normalized spacial score (nSPS) is 10.7. The van der Waals surface area contributed by atoms with E-state index >= 15 is 0 Å². The standard InChI is InChI=1S/C23H25N3O3/c1-15(2)14-28-20-9-5-7-18(12-20)22(27)26-19-8-6-10-21(13-19)29-23-24-16(3)11-17(4)25-23/h5-13,15H,14H2,1-4H3,(H,26,27). The molecule has 0 fully saturated rings.